The molecule has 0 spiro atoms. The molecule has 1 aromatic heterocycles. The molecule has 0 radical (unpaired) electrons. The van der Waals surface area contributed by atoms with Crippen molar-refractivity contribution in [1.82, 2.24) is 19.4 Å². The zero-order valence-corrected chi connectivity index (χ0v) is 14.7. The molecule has 5 heteroatoms. The van der Waals surface area contributed by atoms with Crippen LogP contribution >= 0.6 is 0 Å². The number of nitrogens with zero attached hydrogens (tertiary/aromatic N) is 4. The predicted octanol–water partition coefficient (Wildman–Crippen LogP) is 2.50. The molecule has 0 unspecified atom stereocenters. The number of aromatic nitrogens is 2. The van der Waals surface area contributed by atoms with E-state index >= 15 is 0 Å². The summed E-state index contributed by atoms with van der Waals surface area (Å²) in [6, 6.07) is 8.50. The van der Waals surface area contributed by atoms with Crippen LogP contribution in [0, 0.1) is 11.8 Å². The Balaban J connectivity index is 1.29. The fourth-order valence-electron chi connectivity index (χ4n) is 3.92. The molecular formula is C20H26N4O. The minimum Gasteiger partial charge on any atom is -0.340 e. The lowest BCUT2D eigenvalue weighted by Gasteiger charge is -2.34. The third-order valence-corrected chi connectivity index (χ3v) is 5.85. The summed E-state index contributed by atoms with van der Waals surface area (Å²) in [7, 11) is 0. The summed E-state index contributed by atoms with van der Waals surface area (Å²) in [4.78, 5) is 21.7. The Labute approximate surface area is 148 Å². The highest BCUT2D eigenvalue weighted by atomic mass is 16.2. The molecule has 2 aromatic rings. The van der Waals surface area contributed by atoms with Gasteiger partial charge in [-0.15, -0.1) is 0 Å². The summed E-state index contributed by atoms with van der Waals surface area (Å²) in [6.07, 6.45) is 4.91. The van der Waals surface area contributed by atoms with Crippen molar-refractivity contribution in [2.24, 2.45) is 11.8 Å². The fourth-order valence-corrected chi connectivity index (χ4v) is 3.92. The normalized spacial score (nSPS) is 21.8. The number of carbonyl (C=O) groups is 1. The van der Waals surface area contributed by atoms with Crippen molar-refractivity contribution < 1.29 is 4.79 Å². The van der Waals surface area contributed by atoms with Crippen LogP contribution in [0.3, 0.4) is 0 Å². The van der Waals surface area contributed by atoms with Crippen molar-refractivity contribution in [3.05, 3.63) is 30.1 Å². The van der Waals surface area contributed by atoms with Gasteiger partial charge in [0.1, 0.15) is 5.82 Å². The molecule has 5 rings (SSSR count). The molecule has 1 amide bonds. The molecule has 2 heterocycles. The minimum absolute atomic E-state index is 0.342. The highest BCUT2D eigenvalue weighted by Gasteiger charge is 2.34. The van der Waals surface area contributed by atoms with Crippen LogP contribution in [0.15, 0.2) is 24.3 Å². The first-order chi connectivity index (χ1) is 12.3. The molecule has 0 atom stereocenters. The maximum atomic E-state index is 12.2. The van der Waals surface area contributed by atoms with Crippen LogP contribution in [0.2, 0.25) is 0 Å². The van der Waals surface area contributed by atoms with Gasteiger partial charge in [-0.25, -0.2) is 4.98 Å². The van der Waals surface area contributed by atoms with E-state index < -0.39 is 0 Å². The largest absolute Gasteiger partial charge is 0.340 e. The standard InChI is InChI=1S/C20H26N4O/c25-20(16-7-8-16)23-11-9-22(10-12-23)14-19-21-17-3-1-2-4-18(17)24(19)13-15-5-6-15/h1-4,15-16H,5-14H2. The number of hydrogen-bond donors (Lipinski definition) is 0. The molecule has 1 aromatic carbocycles. The average molecular weight is 338 g/mol. The van der Waals surface area contributed by atoms with Crippen LogP contribution in [-0.2, 0) is 17.9 Å². The first kappa shape index (κ1) is 15.4. The zero-order chi connectivity index (χ0) is 16.8. The molecule has 2 saturated carbocycles. The van der Waals surface area contributed by atoms with E-state index in [4.69, 9.17) is 4.98 Å². The summed E-state index contributed by atoms with van der Waals surface area (Å²) in [6.45, 7) is 5.68. The van der Waals surface area contributed by atoms with Gasteiger partial charge < -0.3 is 9.47 Å². The second-order valence-corrected chi connectivity index (χ2v) is 7.95. The number of para-hydroxylation sites is 2. The van der Waals surface area contributed by atoms with Gasteiger partial charge in [0.25, 0.3) is 0 Å². The molecule has 0 bridgehead atoms. The maximum Gasteiger partial charge on any atom is 0.225 e. The second kappa shape index (κ2) is 6.13. The molecule has 2 aliphatic carbocycles. The Morgan fingerprint density at radius 1 is 1.04 bits per heavy atom. The zero-order valence-electron chi connectivity index (χ0n) is 14.7. The summed E-state index contributed by atoms with van der Waals surface area (Å²) < 4.78 is 2.44. The van der Waals surface area contributed by atoms with Gasteiger partial charge in [0.05, 0.1) is 17.6 Å². The fraction of sp³-hybridized carbons (Fsp3) is 0.600. The Morgan fingerprint density at radius 3 is 2.52 bits per heavy atom. The van der Waals surface area contributed by atoms with Gasteiger partial charge in [0.15, 0.2) is 0 Å². The minimum atomic E-state index is 0.342. The van der Waals surface area contributed by atoms with Gasteiger partial charge >= 0.3 is 0 Å². The number of imidazole rings is 1. The van der Waals surface area contributed by atoms with E-state index in [1.54, 1.807) is 0 Å². The van der Waals surface area contributed by atoms with E-state index in [1.807, 2.05) is 0 Å². The molecule has 1 aliphatic heterocycles. The molecule has 25 heavy (non-hydrogen) atoms. The molecule has 3 fully saturated rings. The van der Waals surface area contributed by atoms with Crippen molar-refractivity contribution in [2.75, 3.05) is 26.2 Å². The Kier molecular flexibility index (Phi) is 3.77. The summed E-state index contributed by atoms with van der Waals surface area (Å²) in [5, 5.41) is 0. The lowest BCUT2D eigenvalue weighted by atomic mass is 10.2. The van der Waals surface area contributed by atoms with Crippen LogP contribution < -0.4 is 0 Å². The number of fused-ring (bicyclic) bond motifs is 1. The number of hydrogen-bond acceptors (Lipinski definition) is 3. The summed E-state index contributed by atoms with van der Waals surface area (Å²) >= 11 is 0. The Morgan fingerprint density at radius 2 is 1.80 bits per heavy atom. The van der Waals surface area contributed by atoms with Crippen LogP contribution in [0.4, 0.5) is 0 Å². The Bertz CT molecular complexity index is 782. The van der Waals surface area contributed by atoms with Gasteiger partial charge in [0, 0.05) is 38.6 Å². The molecular weight excluding hydrogens is 312 g/mol. The predicted molar refractivity (Wildman–Crippen MR) is 97.0 cm³/mol. The molecule has 1 saturated heterocycles. The van der Waals surface area contributed by atoms with Crippen LogP contribution in [-0.4, -0.2) is 51.4 Å². The van der Waals surface area contributed by atoms with Crippen LogP contribution in [0.1, 0.15) is 31.5 Å². The van der Waals surface area contributed by atoms with Crippen molar-refractivity contribution in [2.45, 2.75) is 38.8 Å². The number of amides is 1. The lowest BCUT2D eigenvalue weighted by Crippen LogP contribution is -2.49. The van der Waals surface area contributed by atoms with Gasteiger partial charge in [-0.1, -0.05) is 12.1 Å². The van der Waals surface area contributed by atoms with Crippen LogP contribution in [0.25, 0.3) is 11.0 Å². The molecule has 3 aliphatic rings. The molecule has 132 valence electrons. The van der Waals surface area contributed by atoms with Crippen molar-refractivity contribution in [3.63, 3.8) is 0 Å². The highest BCUT2D eigenvalue weighted by molar-refractivity contribution is 5.81. The number of carbonyl (C=O) groups excluding carboxylic acids is 1. The molecule has 5 nitrogen and oxygen atoms in total. The number of rotatable bonds is 5. The van der Waals surface area contributed by atoms with E-state index in [1.165, 1.54) is 24.2 Å². The highest BCUT2D eigenvalue weighted by Crippen LogP contribution is 2.33. The van der Waals surface area contributed by atoms with Crippen molar-refractivity contribution >= 4 is 16.9 Å². The molecule has 0 N–H and O–H groups in total. The van der Waals surface area contributed by atoms with E-state index in [9.17, 15) is 4.79 Å². The summed E-state index contributed by atoms with van der Waals surface area (Å²) in [5.74, 6) is 2.76. The maximum absolute atomic E-state index is 12.2. The van der Waals surface area contributed by atoms with Gasteiger partial charge in [-0.2, -0.15) is 0 Å². The van der Waals surface area contributed by atoms with E-state index in [2.05, 4.69) is 38.6 Å². The van der Waals surface area contributed by atoms with Gasteiger partial charge in [-0.05, 0) is 43.7 Å². The first-order valence-electron chi connectivity index (χ1n) is 9.73. The average Bonchev–Trinajstić information content (AvgIpc) is 3.54. The van der Waals surface area contributed by atoms with E-state index in [-0.39, 0.29) is 0 Å². The Hall–Kier alpha value is -1.88. The third kappa shape index (κ3) is 3.17. The van der Waals surface area contributed by atoms with Crippen LogP contribution in [0.5, 0.6) is 0 Å². The smallest absolute Gasteiger partial charge is 0.225 e. The number of piperazine rings is 1. The van der Waals surface area contributed by atoms with Gasteiger partial charge in [0.2, 0.25) is 5.91 Å². The first-order valence-corrected chi connectivity index (χ1v) is 9.73. The van der Waals surface area contributed by atoms with Crippen molar-refractivity contribution in [1.29, 1.82) is 0 Å². The summed E-state index contributed by atoms with van der Waals surface area (Å²) in [5.41, 5.74) is 2.38. The monoisotopic (exact) mass is 338 g/mol. The quantitative estimate of drug-likeness (QED) is 0.841. The number of benzene rings is 1. The lowest BCUT2D eigenvalue weighted by molar-refractivity contribution is -0.134. The van der Waals surface area contributed by atoms with Gasteiger partial charge in [-0.3, -0.25) is 9.69 Å². The second-order valence-electron chi connectivity index (χ2n) is 7.95. The SMILES string of the molecule is O=C(C1CC1)N1CCN(Cc2nc3ccccc3n2CC2CC2)CC1. The van der Waals surface area contributed by atoms with E-state index in [0.29, 0.717) is 11.8 Å². The third-order valence-electron chi connectivity index (χ3n) is 5.85. The van der Waals surface area contributed by atoms with Crippen molar-refractivity contribution in [3.8, 4) is 0 Å². The van der Waals surface area contributed by atoms with E-state index in [0.717, 1.165) is 63.5 Å². The topological polar surface area (TPSA) is 41.4 Å².